The van der Waals surface area contributed by atoms with Gasteiger partial charge in [0, 0.05) is 26.3 Å². The quantitative estimate of drug-likeness (QED) is 0.636. The third-order valence-corrected chi connectivity index (χ3v) is 2.98. The molecule has 1 aromatic heterocycles. The smallest absolute Gasteiger partial charge is 0.224 e. The molecule has 0 bridgehead atoms. The maximum atomic E-state index is 11.3. The first-order valence-corrected chi connectivity index (χ1v) is 7.03. The predicted octanol–water partition coefficient (Wildman–Crippen LogP) is 1.37. The molecule has 7 nitrogen and oxygen atoms in total. The number of hydrogen-bond acceptors (Lipinski definition) is 6. The Morgan fingerprint density at radius 3 is 2.48 bits per heavy atom. The number of methoxy groups -OCH3 is 1. The number of nitrogens with zero attached hydrogens (tertiary/aromatic N) is 2. The van der Waals surface area contributed by atoms with Gasteiger partial charge in [0.25, 0.3) is 0 Å². The zero-order chi connectivity index (χ0) is 15.9. The van der Waals surface area contributed by atoms with Gasteiger partial charge in [-0.3, -0.25) is 4.79 Å². The van der Waals surface area contributed by atoms with Gasteiger partial charge >= 0.3 is 0 Å². The van der Waals surface area contributed by atoms with Gasteiger partial charge in [0.2, 0.25) is 5.91 Å². The lowest BCUT2D eigenvalue weighted by atomic mass is 9.93. The molecule has 1 rings (SSSR count). The summed E-state index contributed by atoms with van der Waals surface area (Å²) in [4.78, 5) is 20.1. The van der Waals surface area contributed by atoms with E-state index in [0.29, 0.717) is 24.8 Å². The van der Waals surface area contributed by atoms with Crippen molar-refractivity contribution >= 4 is 17.5 Å². The van der Waals surface area contributed by atoms with Crippen LogP contribution in [0.3, 0.4) is 0 Å². The molecular formula is C14H25N5O2. The molecule has 0 saturated carbocycles. The fourth-order valence-corrected chi connectivity index (χ4v) is 1.52. The summed E-state index contributed by atoms with van der Waals surface area (Å²) < 4.78 is 5.07. The lowest BCUT2D eigenvalue weighted by Crippen LogP contribution is -2.37. The lowest BCUT2D eigenvalue weighted by molar-refractivity contribution is -0.125. The van der Waals surface area contributed by atoms with E-state index < -0.39 is 5.41 Å². The minimum Gasteiger partial charge on any atom is -0.377 e. The van der Waals surface area contributed by atoms with Crippen LogP contribution in [-0.2, 0) is 16.1 Å². The van der Waals surface area contributed by atoms with Crippen LogP contribution in [0.25, 0.3) is 0 Å². The molecule has 0 spiro atoms. The van der Waals surface area contributed by atoms with Gasteiger partial charge in [0.15, 0.2) is 5.82 Å². The summed E-state index contributed by atoms with van der Waals surface area (Å²) in [5.74, 6) is 1.60. The average Bonchev–Trinajstić information content (AvgIpc) is 2.43. The van der Waals surface area contributed by atoms with Crippen LogP contribution in [0.2, 0.25) is 0 Å². The van der Waals surface area contributed by atoms with Crippen molar-refractivity contribution in [3.63, 3.8) is 0 Å². The Morgan fingerprint density at radius 2 is 1.95 bits per heavy atom. The van der Waals surface area contributed by atoms with Crippen LogP contribution in [0.4, 0.5) is 11.6 Å². The number of anilines is 2. The van der Waals surface area contributed by atoms with Crippen molar-refractivity contribution in [2.45, 2.75) is 33.8 Å². The number of nitrogens with one attached hydrogen (secondary N) is 2. The molecule has 0 unspecified atom stereocenters. The number of nitrogens with two attached hydrogens (primary N) is 1. The maximum absolute atomic E-state index is 11.3. The van der Waals surface area contributed by atoms with Gasteiger partial charge in [-0.15, -0.1) is 0 Å². The van der Waals surface area contributed by atoms with E-state index in [9.17, 15) is 4.79 Å². The molecule has 0 fully saturated rings. The van der Waals surface area contributed by atoms with Crippen LogP contribution in [0.1, 0.15) is 33.0 Å². The molecular weight excluding hydrogens is 270 g/mol. The maximum Gasteiger partial charge on any atom is 0.224 e. The highest BCUT2D eigenvalue weighted by molar-refractivity contribution is 5.80. The molecule has 0 saturated heterocycles. The topological polar surface area (TPSA) is 102 Å². The first kappa shape index (κ1) is 17.2. The number of aromatic nitrogens is 2. The Balaban J connectivity index is 2.84. The highest BCUT2D eigenvalue weighted by atomic mass is 16.5. The second-order valence-corrected chi connectivity index (χ2v) is 5.52. The van der Waals surface area contributed by atoms with Crippen LogP contribution in [0, 0.1) is 5.41 Å². The van der Waals surface area contributed by atoms with Gasteiger partial charge in [-0.05, 0) is 20.3 Å². The number of ether oxygens (including phenoxy) is 1. The van der Waals surface area contributed by atoms with E-state index in [-0.39, 0.29) is 5.91 Å². The van der Waals surface area contributed by atoms with Crippen molar-refractivity contribution in [2.75, 3.05) is 30.8 Å². The van der Waals surface area contributed by atoms with E-state index in [1.54, 1.807) is 21.0 Å². The molecule has 1 amide bonds. The number of hydrogen-bond donors (Lipinski definition) is 3. The fraction of sp³-hybridized carbons (Fsp3) is 0.643. The molecule has 0 aliphatic carbocycles. The lowest BCUT2D eigenvalue weighted by Gasteiger charge is -2.21. The second kappa shape index (κ2) is 7.78. The van der Waals surface area contributed by atoms with Crippen LogP contribution >= 0.6 is 0 Å². The molecule has 0 radical (unpaired) electrons. The highest BCUT2D eigenvalue weighted by Crippen LogP contribution is 2.17. The molecule has 1 heterocycles. The molecule has 0 aliphatic heterocycles. The van der Waals surface area contributed by atoms with Crippen molar-refractivity contribution in [3.8, 4) is 0 Å². The van der Waals surface area contributed by atoms with E-state index in [2.05, 4.69) is 27.5 Å². The second-order valence-electron chi connectivity index (χ2n) is 5.52. The van der Waals surface area contributed by atoms with Crippen molar-refractivity contribution in [1.29, 1.82) is 0 Å². The van der Waals surface area contributed by atoms with Gasteiger partial charge in [-0.2, -0.15) is 0 Å². The number of amides is 1. The number of primary amides is 1. The minimum absolute atomic E-state index is 0.329. The molecule has 118 valence electrons. The molecule has 21 heavy (non-hydrogen) atoms. The van der Waals surface area contributed by atoms with Crippen molar-refractivity contribution in [1.82, 2.24) is 9.97 Å². The van der Waals surface area contributed by atoms with E-state index in [1.807, 2.05) is 6.07 Å². The SMILES string of the molecule is CCCNc1cc(NCC(C)(C)C(N)=O)nc(COC)n1. The molecule has 4 N–H and O–H groups in total. The Labute approximate surface area is 125 Å². The van der Waals surface area contributed by atoms with E-state index in [4.69, 9.17) is 10.5 Å². The average molecular weight is 295 g/mol. The van der Waals surface area contributed by atoms with Crippen LogP contribution in [0.5, 0.6) is 0 Å². The van der Waals surface area contributed by atoms with Crippen molar-refractivity contribution < 1.29 is 9.53 Å². The minimum atomic E-state index is -0.649. The van der Waals surface area contributed by atoms with Crippen LogP contribution in [0.15, 0.2) is 6.07 Å². The Hall–Kier alpha value is -1.89. The predicted molar refractivity (Wildman–Crippen MR) is 83.0 cm³/mol. The normalized spacial score (nSPS) is 11.2. The third-order valence-electron chi connectivity index (χ3n) is 2.98. The van der Waals surface area contributed by atoms with E-state index in [0.717, 1.165) is 18.8 Å². The first-order chi connectivity index (χ1) is 9.89. The Morgan fingerprint density at radius 1 is 1.33 bits per heavy atom. The monoisotopic (exact) mass is 295 g/mol. The summed E-state index contributed by atoms with van der Waals surface area (Å²) in [5.41, 5.74) is 4.71. The van der Waals surface area contributed by atoms with Gasteiger partial charge < -0.3 is 21.1 Å². The summed E-state index contributed by atoms with van der Waals surface area (Å²) in [7, 11) is 1.60. The van der Waals surface area contributed by atoms with Gasteiger partial charge in [0.05, 0.1) is 5.41 Å². The third kappa shape index (κ3) is 5.55. The summed E-state index contributed by atoms with van der Waals surface area (Å²) in [6, 6.07) is 1.81. The molecule has 1 aromatic rings. The standard InChI is InChI=1S/C14H25N5O2/c1-5-6-16-10-7-11(19-12(18-10)8-21-4)17-9-14(2,3)13(15)20/h7H,5-6,8-9H2,1-4H3,(H2,15,20)(H2,16,17,18,19). The van der Waals surface area contributed by atoms with Gasteiger partial charge in [-0.1, -0.05) is 6.92 Å². The first-order valence-electron chi connectivity index (χ1n) is 7.03. The summed E-state index contributed by atoms with van der Waals surface area (Å²) in [5, 5.41) is 6.35. The zero-order valence-corrected chi connectivity index (χ0v) is 13.2. The highest BCUT2D eigenvalue weighted by Gasteiger charge is 2.24. The molecule has 0 aliphatic rings. The van der Waals surface area contributed by atoms with Gasteiger partial charge in [-0.25, -0.2) is 9.97 Å². The van der Waals surface area contributed by atoms with Crippen LogP contribution in [-0.4, -0.2) is 36.1 Å². The molecule has 0 atom stereocenters. The van der Waals surface area contributed by atoms with E-state index >= 15 is 0 Å². The van der Waals surface area contributed by atoms with Crippen LogP contribution < -0.4 is 16.4 Å². The summed E-state index contributed by atoms with van der Waals surface area (Å²) in [6.45, 7) is 7.22. The summed E-state index contributed by atoms with van der Waals surface area (Å²) in [6.07, 6.45) is 1.00. The summed E-state index contributed by atoms with van der Waals surface area (Å²) >= 11 is 0. The largest absolute Gasteiger partial charge is 0.377 e. The number of carbonyl (C=O) groups is 1. The Bertz CT molecular complexity index is 476. The van der Waals surface area contributed by atoms with Gasteiger partial charge in [0.1, 0.15) is 18.2 Å². The van der Waals surface area contributed by atoms with Crippen molar-refractivity contribution in [2.24, 2.45) is 11.1 Å². The number of carbonyl (C=O) groups excluding carboxylic acids is 1. The Kier molecular flexibility index (Phi) is 6.36. The van der Waals surface area contributed by atoms with Crippen molar-refractivity contribution in [3.05, 3.63) is 11.9 Å². The zero-order valence-electron chi connectivity index (χ0n) is 13.2. The molecule has 0 aromatic carbocycles. The number of rotatable bonds is 9. The fourth-order valence-electron chi connectivity index (χ4n) is 1.52. The van der Waals surface area contributed by atoms with E-state index in [1.165, 1.54) is 0 Å². The molecule has 7 heteroatoms.